The average molecular weight is 437 g/mol. The molecule has 0 aliphatic carbocycles. The molecule has 3 aromatic rings. The van der Waals surface area contributed by atoms with Crippen LogP contribution in [0.2, 0.25) is 5.02 Å². The molecule has 2 aromatic heterocycles. The summed E-state index contributed by atoms with van der Waals surface area (Å²) in [6.07, 6.45) is -2.37. The summed E-state index contributed by atoms with van der Waals surface area (Å²) in [4.78, 5) is 6.96. The zero-order valence-corrected chi connectivity index (χ0v) is 17.7. The van der Waals surface area contributed by atoms with E-state index in [4.69, 9.17) is 16.6 Å². The second kappa shape index (κ2) is 8.21. The first-order chi connectivity index (χ1) is 14.2. The Balaban J connectivity index is 1.91. The molecule has 1 aliphatic rings. The summed E-state index contributed by atoms with van der Waals surface area (Å²) in [5, 5.41) is 3.36. The molecule has 1 saturated heterocycles. The van der Waals surface area contributed by atoms with Gasteiger partial charge in [0.2, 0.25) is 0 Å². The van der Waals surface area contributed by atoms with Gasteiger partial charge in [0.15, 0.2) is 5.65 Å². The zero-order chi connectivity index (χ0) is 21.5. The second-order valence-corrected chi connectivity index (χ2v) is 8.28. The smallest absolute Gasteiger partial charge is 0.315 e. The van der Waals surface area contributed by atoms with Crippen LogP contribution in [-0.2, 0) is 12.7 Å². The number of aromatic nitrogens is 2. The highest BCUT2D eigenvalue weighted by atomic mass is 35.5. The minimum atomic E-state index is -4.48. The van der Waals surface area contributed by atoms with Crippen molar-refractivity contribution in [1.82, 2.24) is 19.6 Å². The van der Waals surface area contributed by atoms with Crippen molar-refractivity contribution in [1.29, 1.82) is 0 Å². The third kappa shape index (κ3) is 4.19. The maximum atomic E-state index is 13.5. The monoisotopic (exact) mass is 436 g/mol. The van der Waals surface area contributed by atoms with Gasteiger partial charge in [0.25, 0.3) is 0 Å². The van der Waals surface area contributed by atoms with Crippen molar-refractivity contribution in [2.45, 2.75) is 33.0 Å². The van der Waals surface area contributed by atoms with Crippen LogP contribution < -0.4 is 5.32 Å². The lowest BCUT2D eigenvalue weighted by Gasteiger charge is -2.20. The molecule has 0 spiro atoms. The van der Waals surface area contributed by atoms with Crippen molar-refractivity contribution in [3.63, 3.8) is 0 Å². The maximum Gasteiger partial charge on any atom is 0.417 e. The summed E-state index contributed by atoms with van der Waals surface area (Å²) >= 11 is 6.27. The molecule has 30 heavy (non-hydrogen) atoms. The molecule has 1 fully saturated rings. The molecule has 0 radical (unpaired) electrons. The lowest BCUT2D eigenvalue weighted by atomic mass is 10.0. The van der Waals surface area contributed by atoms with E-state index in [-0.39, 0.29) is 5.02 Å². The number of hydrogen-bond donors (Lipinski definition) is 1. The number of rotatable bonds is 3. The fourth-order valence-electron chi connectivity index (χ4n) is 4.02. The predicted molar refractivity (Wildman–Crippen MR) is 113 cm³/mol. The van der Waals surface area contributed by atoms with E-state index in [2.05, 4.69) is 16.3 Å². The zero-order valence-electron chi connectivity index (χ0n) is 17.0. The lowest BCUT2D eigenvalue weighted by molar-refractivity contribution is -0.137. The van der Waals surface area contributed by atoms with Crippen LogP contribution in [0.4, 0.5) is 13.2 Å². The molecule has 0 unspecified atom stereocenters. The summed E-state index contributed by atoms with van der Waals surface area (Å²) in [5.41, 5.74) is 4.06. The Bertz CT molecular complexity index is 1070. The Hall–Kier alpha value is -2.09. The van der Waals surface area contributed by atoms with Crippen LogP contribution in [0, 0.1) is 13.8 Å². The van der Waals surface area contributed by atoms with E-state index < -0.39 is 11.7 Å². The molecular weight excluding hydrogens is 413 g/mol. The number of pyridine rings is 1. The highest BCUT2D eigenvalue weighted by Gasteiger charge is 2.33. The number of hydrogen-bond acceptors (Lipinski definition) is 3. The van der Waals surface area contributed by atoms with Gasteiger partial charge in [-0.05, 0) is 45.0 Å². The molecule has 0 atom stereocenters. The van der Waals surface area contributed by atoms with Gasteiger partial charge in [0.1, 0.15) is 0 Å². The van der Waals surface area contributed by atoms with E-state index in [1.807, 2.05) is 26.0 Å². The molecule has 0 saturated carbocycles. The molecule has 4 rings (SSSR count). The third-order valence-corrected chi connectivity index (χ3v) is 5.82. The Morgan fingerprint density at radius 1 is 1.13 bits per heavy atom. The second-order valence-electron chi connectivity index (χ2n) is 7.87. The summed E-state index contributed by atoms with van der Waals surface area (Å²) in [6.45, 7) is 8.00. The normalized spacial score (nSPS) is 16.2. The van der Waals surface area contributed by atoms with Crippen molar-refractivity contribution >= 4 is 17.2 Å². The fourth-order valence-corrected chi connectivity index (χ4v) is 4.27. The minimum absolute atomic E-state index is 0.000349. The topological polar surface area (TPSA) is 32.6 Å². The Labute approximate surface area is 178 Å². The largest absolute Gasteiger partial charge is 0.417 e. The predicted octanol–water partition coefficient (Wildman–Crippen LogP) is 5.09. The van der Waals surface area contributed by atoms with Crippen molar-refractivity contribution in [3.8, 4) is 11.3 Å². The number of nitrogens with zero attached hydrogens (tertiary/aromatic N) is 3. The number of aryl methyl sites for hydroxylation is 2. The number of imidazole rings is 1. The van der Waals surface area contributed by atoms with E-state index >= 15 is 0 Å². The van der Waals surface area contributed by atoms with Crippen LogP contribution in [0.15, 0.2) is 30.5 Å². The van der Waals surface area contributed by atoms with Gasteiger partial charge in [-0.1, -0.05) is 35.4 Å². The van der Waals surface area contributed by atoms with Crippen LogP contribution in [0.1, 0.15) is 28.8 Å². The van der Waals surface area contributed by atoms with E-state index in [0.29, 0.717) is 17.9 Å². The molecule has 0 amide bonds. The van der Waals surface area contributed by atoms with Gasteiger partial charge in [0.05, 0.1) is 22.0 Å². The van der Waals surface area contributed by atoms with Gasteiger partial charge in [-0.2, -0.15) is 13.2 Å². The quantitative estimate of drug-likeness (QED) is 0.621. The molecule has 3 heterocycles. The summed E-state index contributed by atoms with van der Waals surface area (Å²) < 4.78 is 41.9. The number of alkyl halides is 3. The van der Waals surface area contributed by atoms with Gasteiger partial charge in [-0.15, -0.1) is 0 Å². The van der Waals surface area contributed by atoms with Gasteiger partial charge in [0, 0.05) is 31.4 Å². The molecule has 8 heteroatoms. The highest BCUT2D eigenvalue weighted by Crippen LogP contribution is 2.36. The lowest BCUT2D eigenvalue weighted by Crippen LogP contribution is -2.28. The number of fused-ring (bicyclic) bond motifs is 1. The molecule has 1 aliphatic heterocycles. The van der Waals surface area contributed by atoms with E-state index in [1.165, 1.54) is 4.40 Å². The van der Waals surface area contributed by atoms with Crippen molar-refractivity contribution < 1.29 is 13.2 Å². The molecule has 1 N–H and O–H groups in total. The van der Waals surface area contributed by atoms with Crippen molar-refractivity contribution in [2.24, 2.45) is 0 Å². The first-order valence-corrected chi connectivity index (χ1v) is 10.4. The van der Waals surface area contributed by atoms with Gasteiger partial charge >= 0.3 is 6.18 Å². The van der Waals surface area contributed by atoms with Crippen LogP contribution in [0.3, 0.4) is 0 Å². The van der Waals surface area contributed by atoms with E-state index in [9.17, 15) is 13.2 Å². The molecular formula is C22H24ClF3N4. The Morgan fingerprint density at radius 2 is 1.93 bits per heavy atom. The SMILES string of the molecule is Cc1ccc(-c2nc3c(Cl)cc(C(F)(F)F)cn3c2CN2CCCNCC2)c(C)c1. The van der Waals surface area contributed by atoms with Gasteiger partial charge < -0.3 is 9.72 Å². The molecule has 160 valence electrons. The van der Waals surface area contributed by atoms with Crippen LogP contribution in [0.25, 0.3) is 16.9 Å². The average Bonchev–Trinajstić information content (AvgIpc) is 2.84. The van der Waals surface area contributed by atoms with E-state index in [0.717, 1.165) is 67.2 Å². The molecule has 1 aromatic carbocycles. The Kier molecular flexibility index (Phi) is 5.79. The number of halogens is 4. The maximum absolute atomic E-state index is 13.5. The number of nitrogens with one attached hydrogen (secondary N) is 1. The highest BCUT2D eigenvalue weighted by molar-refractivity contribution is 6.33. The third-order valence-electron chi connectivity index (χ3n) is 5.54. The molecule has 4 nitrogen and oxygen atoms in total. The van der Waals surface area contributed by atoms with Crippen molar-refractivity contribution in [2.75, 3.05) is 26.2 Å². The first-order valence-electron chi connectivity index (χ1n) is 10.0. The van der Waals surface area contributed by atoms with Crippen LogP contribution in [-0.4, -0.2) is 40.5 Å². The van der Waals surface area contributed by atoms with Crippen molar-refractivity contribution in [3.05, 3.63) is 57.9 Å². The fraction of sp³-hybridized carbons (Fsp3) is 0.409. The summed E-state index contributed by atoms with van der Waals surface area (Å²) in [5.74, 6) is 0. The summed E-state index contributed by atoms with van der Waals surface area (Å²) in [7, 11) is 0. The van der Waals surface area contributed by atoms with Crippen LogP contribution in [0.5, 0.6) is 0 Å². The Morgan fingerprint density at radius 3 is 2.67 bits per heavy atom. The van der Waals surface area contributed by atoms with Gasteiger partial charge in [-0.25, -0.2) is 4.98 Å². The summed E-state index contributed by atoms with van der Waals surface area (Å²) in [6, 6.07) is 6.99. The van der Waals surface area contributed by atoms with E-state index in [1.54, 1.807) is 0 Å². The van der Waals surface area contributed by atoms with Crippen LogP contribution >= 0.6 is 11.6 Å². The number of benzene rings is 1. The minimum Gasteiger partial charge on any atom is -0.315 e. The molecule has 0 bridgehead atoms. The van der Waals surface area contributed by atoms with Gasteiger partial charge in [-0.3, -0.25) is 4.90 Å². The first kappa shape index (κ1) is 21.2. The standard InChI is InChI=1S/C22H24ClF3N4/c1-14-4-5-17(15(2)10-14)20-19(13-29-8-3-6-27-7-9-29)30-12-16(22(24,25)26)11-18(23)21(30)28-20/h4-5,10-12,27H,3,6-9,13H2,1-2H3.